The quantitative estimate of drug-likeness (QED) is 0.726. The van der Waals surface area contributed by atoms with Gasteiger partial charge >= 0.3 is 6.61 Å². The number of aromatic nitrogens is 4. The number of pyridine rings is 1. The molecule has 2 aliphatic rings. The summed E-state index contributed by atoms with van der Waals surface area (Å²) in [5.74, 6) is 1.40. The van der Waals surface area contributed by atoms with Crippen molar-refractivity contribution in [1.82, 2.24) is 19.7 Å². The molecule has 2 fully saturated rings. The molecule has 1 unspecified atom stereocenters. The second-order valence-corrected chi connectivity index (χ2v) is 7.34. The van der Waals surface area contributed by atoms with Crippen molar-refractivity contribution in [2.24, 2.45) is 13.0 Å². The summed E-state index contributed by atoms with van der Waals surface area (Å²) in [5.41, 5.74) is 2.04. The fraction of sp³-hybridized carbons (Fsp3) is 0.588. The number of hydrogen-bond acceptors (Lipinski definition) is 4. The molecule has 5 nitrogen and oxygen atoms in total. The molecule has 2 aromatic rings. The lowest BCUT2D eigenvalue weighted by atomic mass is 9.70. The molecule has 0 radical (unpaired) electrons. The topological polar surface area (TPSA) is 52.8 Å². The van der Waals surface area contributed by atoms with Crippen LogP contribution >= 0.6 is 11.6 Å². The highest BCUT2D eigenvalue weighted by molar-refractivity contribution is 6.29. The first-order valence-electron chi connectivity index (χ1n) is 8.46. The second-order valence-electron chi connectivity index (χ2n) is 6.95. The maximum atomic E-state index is 12.4. The van der Waals surface area contributed by atoms with Crippen molar-refractivity contribution in [1.29, 1.82) is 0 Å². The number of halogens is 3. The standard InChI is InChI=1S/C17H19ClF2N4O/c1-24-8-21-23-16(24)15(10-4-12(5-10)25-17(19)20)11-6-13(9-2-3-9)22-14(18)7-11/h6-10,12,15,17H,2-5H2,1H3. The van der Waals surface area contributed by atoms with Crippen molar-refractivity contribution in [2.75, 3.05) is 0 Å². The summed E-state index contributed by atoms with van der Waals surface area (Å²) in [7, 11) is 1.89. The molecule has 0 N–H and O–H groups in total. The van der Waals surface area contributed by atoms with Crippen LogP contribution in [0.5, 0.6) is 0 Å². The number of nitrogens with zero attached hydrogens (tertiary/aromatic N) is 4. The molecule has 0 aliphatic heterocycles. The molecule has 2 heterocycles. The number of aryl methyl sites for hydroxylation is 1. The minimum atomic E-state index is -2.73. The highest BCUT2D eigenvalue weighted by Crippen LogP contribution is 2.46. The van der Waals surface area contributed by atoms with Gasteiger partial charge < -0.3 is 9.30 Å². The van der Waals surface area contributed by atoms with Crippen molar-refractivity contribution >= 4 is 11.6 Å². The average molecular weight is 369 g/mol. The molecule has 134 valence electrons. The van der Waals surface area contributed by atoms with E-state index in [0.29, 0.717) is 23.9 Å². The van der Waals surface area contributed by atoms with Gasteiger partial charge in [-0.1, -0.05) is 11.6 Å². The number of alkyl halides is 2. The van der Waals surface area contributed by atoms with E-state index in [9.17, 15) is 8.78 Å². The minimum absolute atomic E-state index is 0.0528. The van der Waals surface area contributed by atoms with Gasteiger partial charge in [-0.15, -0.1) is 10.2 Å². The largest absolute Gasteiger partial charge is 0.345 e. The highest BCUT2D eigenvalue weighted by Gasteiger charge is 2.41. The van der Waals surface area contributed by atoms with E-state index in [0.717, 1.165) is 29.9 Å². The molecule has 8 heteroatoms. The Hall–Kier alpha value is -1.60. The first kappa shape index (κ1) is 16.8. The van der Waals surface area contributed by atoms with Gasteiger partial charge in [0.1, 0.15) is 17.3 Å². The summed E-state index contributed by atoms with van der Waals surface area (Å²) in [5, 5.41) is 8.71. The van der Waals surface area contributed by atoms with E-state index in [1.54, 1.807) is 6.33 Å². The van der Waals surface area contributed by atoms with Crippen molar-refractivity contribution in [3.63, 3.8) is 0 Å². The van der Waals surface area contributed by atoms with E-state index in [1.165, 1.54) is 0 Å². The molecular formula is C17H19ClF2N4O. The minimum Gasteiger partial charge on any atom is -0.320 e. The van der Waals surface area contributed by atoms with E-state index in [4.69, 9.17) is 11.6 Å². The van der Waals surface area contributed by atoms with Crippen molar-refractivity contribution in [3.05, 3.63) is 40.7 Å². The maximum Gasteiger partial charge on any atom is 0.345 e. The van der Waals surface area contributed by atoms with Crippen LogP contribution in [0, 0.1) is 5.92 Å². The Balaban J connectivity index is 1.64. The van der Waals surface area contributed by atoms with Crippen molar-refractivity contribution in [2.45, 2.75) is 50.2 Å². The van der Waals surface area contributed by atoms with Crippen molar-refractivity contribution in [3.8, 4) is 0 Å². The number of ether oxygens (including phenoxy) is 1. The molecule has 0 aromatic carbocycles. The summed E-state index contributed by atoms with van der Waals surface area (Å²) in [6.45, 7) is -2.73. The molecule has 0 bridgehead atoms. The van der Waals surface area contributed by atoms with E-state index in [-0.39, 0.29) is 11.8 Å². The lowest BCUT2D eigenvalue weighted by Gasteiger charge is -2.39. The summed E-state index contributed by atoms with van der Waals surface area (Å²) in [6, 6.07) is 3.94. The van der Waals surface area contributed by atoms with E-state index >= 15 is 0 Å². The zero-order chi connectivity index (χ0) is 17.6. The lowest BCUT2D eigenvalue weighted by molar-refractivity contribution is -0.192. The van der Waals surface area contributed by atoms with Gasteiger partial charge in [-0.3, -0.25) is 0 Å². The molecule has 0 spiro atoms. The van der Waals surface area contributed by atoms with Crippen LogP contribution < -0.4 is 0 Å². The van der Waals surface area contributed by atoms with Crippen LogP contribution in [0.1, 0.15) is 54.6 Å². The fourth-order valence-corrected chi connectivity index (χ4v) is 3.87. The monoisotopic (exact) mass is 368 g/mol. The van der Waals surface area contributed by atoms with Gasteiger partial charge in [0, 0.05) is 24.6 Å². The Bertz CT molecular complexity index is 759. The Labute approximate surface area is 149 Å². The van der Waals surface area contributed by atoms with Crippen LogP contribution in [0.25, 0.3) is 0 Å². The van der Waals surface area contributed by atoms with Crippen LogP contribution in [-0.4, -0.2) is 32.5 Å². The predicted octanol–water partition coefficient (Wildman–Crippen LogP) is 3.89. The summed E-state index contributed by atoms with van der Waals surface area (Å²) < 4.78 is 31.3. The van der Waals surface area contributed by atoms with Gasteiger partial charge in [-0.05, 0) is 49.3 Å². The summed E-state index contributed by atoms with van der Waals surface area (Å²) in [6.07, 6.45) is 4.66. The van der Waals surface area contributed by atoms with Crippen LogP contribution in [0.15, 0.2) is 18.5 Å². The van der Waals surface area contributed by atoms with E-state index in [1.807, 2.05) is 17.7 Å². The van der Waals surface area contributed by atoms with Crippen LogP contribution in [0.2, 0.25) is 5.15 Å². The van der Waals surface area contributed by atoms with Gasteiger partial charge in [0.2, 0.25) is 0 Å². The Kier molecular flexibility index (Phi) is 4.45. The van der Waals surface area contributed by atoms with Gasteiger partial charge in [-0.25, -0.2) is 4.98 Å². The molecular weight excluding hydrogens is 350 g/mol. The third-order valence-electron chi connectivity index (χ3n) is 5.11. The molecule has 2 saturated carbocycles. The molecule has 2 aliphatic carbocycles. The molecule has 2 aromatic heterocycles. The number of rotatable bonds is 6. The average Bonchev–Trinajstić information content (AvgIpc) is 3.28. The lowest BCUT2D eigenvalue weighted by Crippen LogP contribution is -2.37. The molecule has 0 saturated heterocycles. The Morgan fingerprint density at radius 2 is 2.04 bits per heavy atom. The zero-order valence-corrected chi connectivity index (χ0v) is 14.5. The summed E-state index contributed by atoms with van der Waals surface area (Å²) in [4.78, 5) is 4.44. The van der Waals surface area contributed by atoms with Crippen LogP contribution in [0.3, 0.4) is 0 Å². The first-order valence-corrected chi connectivity index (χ1v) is 8.84. The van der Waals surface area contributed by atoms with Gasteiger partial charge in [-0.2, -0.15) is 8.78 Å². The van der Waals surface area contributed by atoms with E-state index in [2.05, 4.69) is 26.0 Å². The first-order chi connectivity index (χ1) is 12.0. The zero-order valence-electron chi connectivity index (χ0n) is 13.8. The summed E-state index contributed by atoms with van der Waals surface area (Å²) >= 11 is 6.25. The SMILES string of the molecule is Cn1cnnc1C(c1cc(Cl)nc(C2CC2)c1)C1CC(OC(F)F)C1. The van der Waals surface area contributed by atoms with Gasteiger partial charge in [0.15, 0.2) is 0 Å². The fourth-order valence-electron chi connectivity index (χ4n) is 3.65. The molecule has 0 amide bonds. The molecule has 1 atom stereocenters. The van der Waals surface area contributed by atoms with Crippen molar-refractivity contribution < 1.29 is 13.5 Å². The number of hydrogen-bond donors (Lipinski definition) is 0. The second kappa shape index (κ2) is 6.61. The van der Waals surface area contributed by atoms with Gasteiger partial charge in [0.25, 0.3) is 0 Å². The van der Waals surface area contributed by atoms with Crippen LogP contribution in [0.4, 0.5) is 8.78 Å². The van der Waals surface area contributed by atoms with E-state index < -0.39 is 12.7 Å². The van der Waals surface area contributed by atoms with Gasteiger partial charge in [0.05, 0.1) is 6.10 Å². The Morgan fingerprint density at radius 3 is 2.64 bits per heavy atom. The normalized spacial score (nSPS) is 24.4. The van der Waals surface area contributed by atoms with Crippen LogP contribution in [-0.2, 0) is 11.8 Å². The third kappa shape index (κ3) is 3.53. The smallest absolute Gasteiger partial charge is 0.320 e. The highest BCUT2D eigenvalue weighted by atomic mass is 35.5. The molecule has 25 heavy (non-hydrogen) atoms. The molecule has 4 rings (SSSR count). The Morgan fingerprint density at radius 1 is 1.28 bits per heavy atom. The third-order valence-corrected chi connectivity index (χ3v) is 5.31. The predicted molar refractivity (Wildman–Crippen MR) is 87.7 cm³/mol. The maximum absolute atomic E-state index is 12.4.